The smallest absolute Gasteiger partial charge is 0.307 e. The summed E-state index contributed by atoms with van der Waals surface area (Å²) in [4.78, 5) is 25.4. The number of nitrogens with one attached hydrogen (secondary N) is 2. The van der Waals surface area contributed by atoms with Crippen molar-refractivity contribution in [2.75, 3.05) is 7.11 Å². The zero-order chi connectivity index (χ0) is 29.4. The van der Waals surface area contributed by atoms with Gasteiger partial charge in [-0.3, -0.25) is 9.59 Å². The van der Waals surface area contributed by atoms with E-state index in [-0.39, 0.29) is 23.0 Å². The lowest BCUT2D eigenvalue weighted by Crippen LogP contribution is -2.38. The number of ether oxygens (including phenoxy) is 1. The first-order chi connectivity index (χ1) is 19.7. The number of furan rings is 1. The van der Waals surface area contributed by atoms with Gasteiger partial charge >= 0.3 is 5.97 Å². The number of hydrogen-bond donors (Lipinski definition) is 2. The fourth-order valence-corrected chi connectivity index (χ4v) is 4.63. The van der Waals surface area contributed by atoms with Gasteiger partial charge in [-0.15, -0.1) is 0 Å². The van der Waals surface area contributed by atoms with Crippen LogP contribution in [0.3, 0.4) is 0 Å². The Hall–Kier alpha value is -4.38. The lowest BCUT2D eigenvalue weighted by atomic mass is 10.0. The molecule has 2 N–H and O–H groups in total. The van der Waals surface area contributed by atoms with Crippen molar-refractivity contribution < 1.29 is 18.7 Å². The Bertz CT molecular complexity index is 1540. The van der Waals surface area contributed by atoms with E-state index >= 15 is 0 Å². The van der Waals surface area contributed by atoms with Crippen molar-refractivity contribution in [1.82, 2.24) is 10.6 Å². The molecule has 0 saturated heterocycles. The second-order valence-corrected chi connectivity index (χ2v) is 10.3. The van der Waals surface area contributed by atoms with Crippen molar-refractivity contribution in [3.63, 3.8) is 0 Å². The van der Waals surface area contributed by atoms with Gasteiger partial charge in [0.1, 0.15) is 11.5 Å². The Morgan fingerprint density at radius 1 is 1.02 bits per heavy atom. The van der Waals surface area contributed by atoms with Crippen molar-refractivity contribution in [3.05, 3.63) is 117 Å². The molecule has 1 aromatic heterocycles. The molecule has 41 heavy (non-hydrogen) atoms. The summed E-state index contributed by atoms with van der Waals surface area (Å²) in [6.45, 7) is 4.71. The van der Waals surface area contributed by atoms with Crippen LogP contribution in [0.25, 0.3) is 11.3 Å². The van der Waals surface area contributed by atoms with E-state index in [2.05, 4.69) is 54.8 Å². The largest absolute Gasteiger partial charge is 0.469 e. The number of benzene rings is 3. The van der Waals surface area contributed by atoms with Gasteiger partial charge in [0, 0.05) is 17.6 Å². The third-order valence-corrected chi connectivity index (χ3v) is 7.19. The van der Waals surface area contributed by atoms with E-state index < -0.39 is 17.9 Å². The number of nitrogens with zero attached hydrogens (tertiary/aromatic N) is 1. The van der Waals surface area contributed by atoms with Crippen molar-refractivity contribution in [2.45, 2.75) is 45.3 Å². The van der Waals surface area contributed by atoms with Crippen molar-refractivity contribution in [2.24, 2.45) is 0 Å². The molecule has 0 unspecified atom stereocenters. The van der Waals surface area contributed by atoms with E-state index in [9.17, 15) is 9.59 Å². The molecule has 0 aliphatic rings. The number of carbonyl (C=O) groups excluding carboxylic acids is 2. The van der Waals surface area contributed by atoms with Crippen LogP contribution < -0.4 is 10.6 Å². The average molecular weight is 570 g/mol. The van der Waals surface area contributed by atoms with Crippen molar-refractivity contribution >= 4 is 23.5 Å². The molecule has 4 rings (SSSR count). The molecule has 0 saturated carbocycles. The number of methoxy groups -OCH3 is 1. The minimum atomic E-state index is -0.542. The summed E-state index contributed by atoms with van der Waals surface area (Å²) in [7, 11) is 1.31. The lowest BCUT2D eigenvalue weighted by molar-refractivity contribution is -0.141. The summed E-state index contributed by atoms with van der Waals surface area (Å²) in [6, 6.07) is 26.0. The topological polar surface area (TPSA) is 104 Å². The molecule has 1 heterocycles. The maximum absolute atomic E-state index is 13.3. The maximum Gasteiger partial charge on any atom is 0.307 e. The van der Waals surface area contributed by atoms with Crippen LogP contribution >= 0.6 is 11.6 Å². The molecule has 8 heteroatoms. The van der Waals surface area contributed by atoms with Crippen LogP contribution in [0, 0.1) is 18.3 Å². The van der Waals surface area contributed by atoms with Crippen LogP contribution in [-0.2, 0) is 22.5 Å². The van der Waals surface area contributed by atoms with E-state index in [0.29, 0.717) is 29.9 Å². The number of amides is 1. The summed E-state index contributed by atoms with van der Waals surface area (Å²) < 4.78 is 10.9. The maximum atomic E-state index is 13.3. The first-order valence-corrected chi connectivity index (χ1v) is 13.7. The van der Waals surface area contributed by atoms with E-state index in [1.165, 1.54) is 18.2 Å². The second kappa shape index (κ2) is 13.8. The van der Waals surface area contributed by atoms with Crippen molar-refractivity contribution in [1.29, 1.82) is 5.26 Å². The van der Waals surface area contributed by atoms with Gasteiger partial charge in [0.2, 0.25) is 0 Å². The molecule has 7 nitrogen and oxygen atoms in total. The van der Waals surface area contributed by atoms with Gasteiger partial charge in [-0.05, 0) is 73.9 Å². The van der Waals surface area contributed by atoms with Crippen LogP contribution in [0.4, 0.5) is 0 Å². The molecule has 4 aromatic rings. The fourth-order valence-electron chi connectivity index (χ4n) is 4.43. The molecule has 0 aliphatic heterocycles. The predicted octanol–water partition coefficient (Wildman–Crippen LogP) is 6.54. The van der Waals surface area contributed by atoms with E-state index in [1.807, 2.05) is 12.1 Å². The average Bonchev–Trinajstić information content (AvgIpc) is 3.46. The molecular formula is C33H32ClN3O4. The Kier molecular flexibility index (Phi) is 9.96. The second-order valence-electron chi connectivity index (χ2n) is 9.94. The highest BCUT2D eigenvalue weighted by atomic mass is 35.5. The third kappa shape index (κ3) is 8.07. The zero-order valence-corrected chi connectivity index (χ0v) is 24.0. The van der Waals surface area contributed by atoms with Gasteiger partial charge < -0.3 is 19.8 Å². The number of nitriles is 1. The molecule has 0 bridgehead atoms. The SMILES string of the molecule is COC(=O)C[C@@H](Cc1ccc(C#N)cc1)NC(=O)c1cc(-c2ccc(CN[C@H](C)c3ccc(C)cc3)o2)ccc1Cl. The van der Waals surface area contributed by atoms with E-state index in [0.717, 1.165) is 11.3 Å². The molecule has 210 valence electrons. The lowest BCUT2D eigenvalue weighted by Gasteiger charge is -2.19. The normalized spacial score (nSPS) is 12.3. The molecule has 0 radical (unpaired) electrons. The molecule has 0 spiro atoms. The number of carbonyl (C=O) groups is 2. The van der Waals surface area contributed by atoms with Gasteiger partial charge in [0.05, 0.1) is 42.3 Å². The van der Waals surface area contributed by atoms with Gasteiger partial charge in [-0.25, -0.2) is 0 Å². The molecular weight excluding hydrogens is 538 g/mol. The summed E-state index contributed by atoms with van der Waals surface area (Å²) in [5, 5.41) is 15.7. The minimum absolute atomic E-state index is 0.0187. The Morgan fingerprint density at radius 3 is 2.44 bits per heavy atom. The summed E-state index contributed by atoms with van der Waals surface area (Å²) >= 11 is 6.42. The highest BCUT2D eigenvalue weighted by molar-refractivity contribution is 6.34. The molecule has 1 amide bonds. The number of aryl methyl sites for hydroxylation is 1. The summed E-state index contributed by atoms with van der Waals surface area (Å²) in [5.74, 6) is 0.511. The van der Waals surface area contributed by atoms with Crippen LogP contribution in [-0.4, -0.2) is 25.0 Å². The Labute approximate surface area is 245 Å². The first kappa shape index (κ1) is 29.6. The monoisotopic (exact) mass is 569 g/mol. The van der Waals surface area contributed by atoms with Gasteiger partial charge in [0.25, 0.3) is 5.91 Å². The van der Waals surface area contributed by atoms with Gasteiger partial charge in [-0.1, -0.05) is 53.6 Å². The summed E-state index contributed by atoms with van der Waals surface area (Å²) in [5.41, 5.74) is 4.78. The zero-order valence-electron chi connectivity index (χ0n) is 23.2. The standard InChI is InChI=1S/C33H32ClN3O4/c1-21-4-10-25(11-5-21)22(2)36-20-28-13-15-31(41-28)26-12-14-30(34)29(17-26)33(39)37-27(18-32(38)40-3)16-23-6-8-24(19-35)9-7-23/h4-15,17,22,27,36H,16,18,20H2,1-3H3,(H,37,39)/t22-,27-/m1/s1. The van der Waals surface area contributed by atoms with Gasteiger partial charge in [0.15, 0.2) is 0 Å². The van der Waals surface area contributed by atoms with Crippen LogP contribution in [0.5, 0.6) is 0 Å². The number of rotatable bonds is 11. The van der Waals surface area contributed by atoms with Crippen LogP contribution in [0.1, 0.15) is 57.8 Å². The van der Waals surface area contributed by atoms with Crippen molar-refractivity contribution in [3.8, 4) is 17.4 Å². The number of halogens is 1. The Balaban J connectivity index is 1.45. The fraction of sp³-hybridized carbons (Fsp3) is 0.242. The van der Waals surface area contributed by atoms with E-state index in [1.54, 1.807) is 42.5 Å². The molecule has 0 fully saturated rings. The van der Waals surface area contributed by atoms with Gasteiger partial charge in [-0.2, -0.15) is 5.26 Å². The summed E-state index contributed by atoms with van der Waals surface area (Å²) in [6.07, 6.45) is 0.356. The predicted molar refractivity (Wildman–Crippen MR) is 158 cm³/mol. The number of esters is 1. The molecule has 2 atom stereocenters. The molecule has 0 aliphatic carbocycles. The minimum Gasteiger partial charge on any atom is -0.469 e. The highest BCUT2D eigenvalue weighted by Gasteiger charge is 2.21. The highest BCUT2D eigenvalue weighted by Crippen LogP contribution is 2.28. The molecule has 3 aromatic carbocycles. The van der Waals surface area contributed by atoms with Crippen LogP contribution in [0.15, 0.2) is 83.3 Å². The number of hydrogen-bond acceptors (Lipinski definition) is 6. The van der Waals surface area contributed by atoms with Crippen LogP contribution in [0.2, 0.25) is 5.02 Å². The Morgan fingerprint density at radius 2 is 1.76 bits per heavy atom. The van der Waals surface area contributed by atoms with E-state index in [4.69, 9.17) is 26.0 Å². The quantitative estimate of drug-likeness (QED) is 0.199. The first-order valence-electron chi connectivity index (χ1n) is 13.3. The third-order valence-electron chi connectivity index (χ3n) is 6.86.